The summed E-state index contributed by atoms with van der Waals surface area (Å²) < 4.78 is 33.8. The Balaban J connectivity index is 1.53. The summed E-state index contributed by atoms with van der Waals surface area (Å²) in [6, 6.07) is 4.62. The van der Waals surface area contributed by atoms with Crippen molar-refractivity contribution in [3.8, 4) is 0 Å². The van der Waals surface area contributed by atoms with Crippen LogP contribution in [-0.4, -0.2) is 66.2 Å². The van der Waals surface area contributed by atoms with Crippen LogP contribution in [0.5, 0.6) is 0 Å². The number of rotatable bonds is 6. The summed E-state index contributed by atoms with van der Waals surface area (Å²) in [6.07, 6.45) is 3.65. The van der Waals surface area contributed by atoms with Crippen LogP contribution >= 0.6 is 0 Å². The number of carbonyl (C=O) groups excluding carboxylic acids is 1. The largest absolute Gasteiger partial charge is 0.394 e. The number of H-pyrrole nitrogens is 1. The third-order valence-electron chi connectivity index (χ3n) is 7.77. The Bertz CT molecular complexity index is 1050. The summed E-state index contributed by atoms with van der Waals surface area (Å²) in [5.41, 5.74) is 4.14. The minimum absolute atomic E-state index is 0.0456. The van der Waals surface area contributed by atoms with Crippen LogP contribution in [0.25, 0.3) is 10.9 Å². The van der Waals surface area contributed by atoms with Gasteiger partial charge in [0.25, 0.3) is 5.92 Å². The summed E-state index contributed by atoms with van der Waals surface area (Å²) in [5, 5.41) is 12.9. The number of piperidine rings is 1. The number of methoxy groups -OCH3 is 1. The second kappa shape index (κ2) is 7.50. The summed E-state index contributed by atoms with van der Waals surface area (Å²) in [7, 11) is 3.65. The van der Waals surface area contributed by atoms with Crippen LogP contribution in [0.15, 0.2) is 18.2 Å². The number of ether oxygens (including phenoxy) is 1. The quantitative estimate of drug-likeness (QED) is 0.637. The van der Waals surface area contributed by atoms with Crippen molar-refractivity contribution in [3.05, 3.63) is 35.0 Å². The third kappa shape index (κ3) is 3.26. The normalized spacial score (nSPS) is 29.1. The summed E-state index contributed by atoms with van der Waals surface area (Å²) in [5.74, 6) is -3.62. The molecule has 1 amide bonds. The number of aromatic nitrogens is 1. The molecule has 3 aliphatic rings. The molecule has 4 atom stereocenters. The maximum atomic E-state index is 13.8. The van der Waals surface area contributed by atoms with E-state index in [4.69, 9.17) is 4.74 Å². The van der Waals surface area contributed by atoms with Gasteiger partial charge in [-0.25, -0.2) is 8.78 Å². The second-order valence-electron chi connectivity index (χ2n) is 9.87. The summed E-state index contributed by atoms with van der Waals surface area (Å²) in [6.45, 7) is 0.343. The van der Waals surface area contributed by atoms with Gasteiger partial charge in [-0.15, -0.1) is 0 Å². The van der Waals surface area contributed by atoms with Crippen molar-refractivity contribution in [2.24, 2.45) is 5.92 Å². The Labute approximate surface area is 186 Å². The first-order valence-corrected chi connectivity index (χ1v) is 11.4. The molecule has 2 aromatic rings. The highest BCUT2D eigenvalue weighted by Crippen LogP contribution is 2.53. The molecule has 2 fully saturated rings. The van der Waals surface area contributed by atoms with Crippen molar-refractivity contribution in [3.63, 3.8) is 0 Å². The van der Waals surface area contributed by atoms with E-state index in [0.29, 0.717) is 25.8 Å². The standard InChI is InChI=1S/C24H31F2N3O3/c1-23(25,26)18(12-30)28-22(31)14-10-24(32-3)16-5-4-6-17-20(16)15(9-19(24)29(2)11-14)21(27-17)13-7-8-13/h4-6,13-14,18-19,27,30H,7-12H2,1-3H3,(H,28,31). The Hall–Kier alpha value is -2.03. The van der Waals surface area contributed by atoms with E-state index >= 15 is 0 Å². The average molecular weight is 448 g/mol. The van der Waals surface area contributed by atoms with Crippen molar-refractivity contribution in [2.75, 3.05) is 27.3 Å². The molecule has 2 heterocycles. The SMILES string of the molecule is COC12CC(C(=O)NC(CO)C(C)(F)F)CN(C)C1Cc1c(C3CC3)[nH]c3cccc2c13. The van der Waals surface area contributed by atoms with Crippen LogP contribution in [0.3, 0.4) is 0 Å². The van der Waals surface area contributed by atoms with E-state index in [1.54, 1.807) is 7.11 Å². The van der Waals surface area contributed by atoms with E-state index in [1.165, 1.54) is 29.5 Å². The van der Waals surface area contributed by atoms with Gasteiger partial charge in [0.05, 0.1) is 12.5 Å². The monoisotopic (exact) mass is 447 g/mol. The topological polar surface area (TPSA) is 77.6 Å². The second-order valence-corrected chi connectivity index (χ2v) is 9.87. The Morgan fingerprint density at radius 3 is 2.81 bits per heavy atom. The molecule has 6 nitrogen and oxygen atoms in total. The molecular weight excluding hydrogens is 416 g/mol. The number of likely N-dealkylation sites (N-methyl/N-ethyl adjacent to an activating group) is 1. The zero-order chi connectivity index (χ0) is 22.8. The molecule has 1 saturated carbocycles. The van der Waals surface area contributed by atoms with Crippen molar-refractivity contribution in [1.29, 1.82) is 0 Å². The number of likely N-dealkylation sites (tertiary alicyclic amines) is 1. The smallest absolute Gasteiger partial charge is 0.267 e. The fourth-order valence-electron chi connectivity index (χ4n) is 5.95. The van der Waals surface area contributed by atoms with Crippen LogP contribution in [0.4, 0.5) is 8.78 Å². The number of aliphatic hydroxyl groups is 1. The van der Waals surface area contributed by atoms with Crippen molar-refractivity contribution in [1.82, 2.24) is 15.2 Å². The maximum absolute atomic E-state index is 13.8. The number of carbonyl (C=O) groups is 1. The lowest BCUT2D eigenvalue weighted by Gasteiger charge is -2.52. The highest BCUT2D eigenvalue weighted by Gasteiger charge is 2.54. The average Bonchev–Trinajstić information content (AvgIpc) is 3.53. The van der Waals surface area contributed by atoms with Gasteiger partial charge in [0.2, 0.25) is 5.91 Å². The Morgan fingerprint density at radius 2 is 2.19 bits per heavy atom. The Kier molecular flexibility index (Phi) is 5.11. The number of aliphatic hydroxyl groups excluding tert-OH is 1. The van der Waals surface area contributed by atoms with Crippen LogP contribution in [0.2, 0.25) is 0 Å². The van der Waals surface area contributed by atoms with Gasteiger partial charge in [-0.1, -0.05) is 12.1 Å². The van der Waals surface area contributed by atoms with E-state index < -0.39 is 36.0 Å². The number of hydrogen-bond acceptors (Lipinski definition) is 4. The summed E-state index contributed by atoms with van der Waals surface area (Å²) in [4.78, 5) is 18.8. The highest BCUT2D eigenvalue weighted by atomic mass is 19.3. The van der Waals surface area contributed by atoms with E-state index in [9.17, 15) is 18.7 Å². The lowest BCUT2D eigenvalue weighted by molar-refractivity contribution is -0.150. The first-order chi connectivity index (χ1) is 15.2. The molecule has 32 heavy (non-hydrogen) atoms. The molecule has 2 aliphatic carbocycles. The van der Waals surface area contributed by atoms with Gasteiger partial charge in [-0.05, 0) is 55.8 Å². The van der Waals surface area contributed by atoms with Gasteiger partial charge in [0, 0.05) is 43.2 Å². The third-order valence-corrected chi connectivity index (χ3v) is 7.77. The lowest BCUT2D eigenvalue weighted by atomic mass is 9.68. The van der Waals surface area contributed by atoms with Crippen molar-refractivity contribution >= 4 is 16.8 Å². The molecule has 3 N–H and O–H groups in total. The minimum atomic E-state index is -3.21. The predicted molar refractivity (Wildman–Crippen MR) is 117 cm³/mol. The van der Waals surface area contributed by atoms with Gasteiger partial charge in [0.15, 0.2) is 0 Å². The van der Waals surface area contributed by atoms with Gasteiger partial charge in [-0.2, -0.15) is 0 Å². The van der Waals surface area contributed by atoms with Gasteiger partial charge in [0.1, 0.15) is 11.6 Å². The molecule has 0 spiro atoms. The zero-order valence-electron chi connectivity index (χ0n) is 18.8. The first kappa shape index (κ1) is 21.8. The molecule has 1 saturated heterocycles. The van der Waals surface area contributed by atoms with Gasteiger partial charge in [-0.3, -0.25) is 9.69 Å². The molecule has 1 aromatic carbocycles. The minimum Gasteiger partial charge on any atom is -0.394 e. The number of nitrogens with zero attached hydrogens (tertiary/aromatic N) is 1. The van der Waals surface area contributed by atoms with Crippen molar-refractivity contribution in [2.45, 2.75) is 62.1 Å². The number of amides is 1. The number of hydrogen-bond donors (Lipinski definition) is 3. The van der Waals surface area contributed by atoms with Crippen LogP contribution < -0.4 is 5.32 Å². The van der Waals surface area contributed by atoms with Gasteiger partial charge >= 0.3 is 0 Å². The van der Waals surface area contributed by atoms with E-state index in [-0.39, 0.29) is 6.04 Å². The number of aromatic amines is 1. The zero-order valence-corrected chi connectivity index (χ0v) is 18.8. The molecule has 174 valence electrons. The first-order valence-electron chi connectivity index (χ1n) is 11.4. The number of halogens is 2. The number of fused-ring (bicyclic) bond motifs is 2. The number of nitrogens with one attached hydrogen (secondary N) is 2. The maximum Gasteiger partial charge on any atom is 0.267 e. The predicted octanol–water partition coefficient (Wildman–Crippen LogP) is 2.90. The lowest BCUT2D eigenvalue weighted by Crippen LogP contribution is -2.62. The highest BCUT2D eigenvalue weighted by molar-refractivity contribution is 5.91. The molecule has 5 rings (SSSR count). The fraction of sp³-hybridized carbons (Fsp3) is 0.625. The molecule has 1 aromatic heterocycles. The van der Waals surface area contributed by atoms with E-state index in [1.807, 2.05) is 13.1 Å². The molecule has 4 unspecified atom stereocenters. The fourth-order valence-corrected chi connectivity index (χ4v) is 5.95. The molecule has 0 radical (unpaired) electrons. The van der Waals surface area contributed by atoms with E-state index in [0.717, 1.165) is 17.5 Å². The molecule has 1 aliphatic heterocycles. The van der Waals surface area contributed by atoms with E-state index in [2.05, 4.69) is 27.3 Å². The van der Waals surface area contributed by atoms with Crippen molar-refractivity contribution < 1.29 is 23.4 Å². The molecule has 8 heteroatoms. The van der Waals surface area contributed by atoms with Gasteiger partial charge < -0.3 is 20.1 Å². The van der Waals surface area contributed by atoms with Crippen LogP contribution in [0, 0.1) is 5.92 Å². The van der Waals surface area contributed by atoms with Crippen LogP contribution in [-0.2, 0) is 21.6 Å². The Morgan fingerprint density at radius 1 is 1.44 bits per heavy atom. The number of benzene rings is 1. The van der Waals surface area contributed by atoms with Crippen LogP contribution in [0.1, 0.15) is 48.9 Å². The molecule has 0 bridgehead atoms. The summed E-state index contributed by atoms with van der Waals surface area (Å²) >= 11 is 0. The molecular formula is C24H31F2N3O3. The number of alkyl halides is 2.